The maximum Gasteiger partial charge on any atom is 0.269 e. The van der Waals surface area contributed by atoms with E-state index >= 15 is 0 Å². The molecule has 0 spiro atoms. The van der Waals surface area contributed by atoms with Crippen LogP contribution in [-0.2, 0) is 14.8 Å². The summed E-state index contributed by atoms with van der Waals surface area (Å²) in [5.41, 5.74) is 1.60. The lowest BCUT2D eigenvalue weighted by molar-refractivity contribution is -0.384. The van der Waals surface area contributed by atoms with Crippen molar-refractivity contribution in [3.63, 3.8) is 0 Å². The van der Waals surface area contributed by atoms with Crippen molar-refractivity contribution in [2.24, 2.45) is 0 Å². The highest BCUT2D eigenvalue weighted by molar-refractivity contribution is 7.92. The van der Waals surface area contributed by atoms with Crippen molar-refractivity contribution >= 4 is 50.6 Å². The highest BCUT2D eigenvalue weighted by atomic mass is 32.2. The number of anilines is 2. The predicted octanol–water partition coefficient (Wildman–Crippen LogP) is 2.69. The molecule has 0 aliphatic heterocycles. The van der Waals surface area contributed by atoms with E-state index in [0.29, 0.717) is 17.1 Å². The number of benzene rings is 2. The van der Waals surface area contributed by atoms with Crippen LogP contribution >= 0.6 is 12.2 Å². The van der Waals surface area contributed by atoms with Crippen LogP contribution in [0.1, 0.15) is 11.4 Å². The van der Waals surface area contributed by atoms with Gasteiger partial charge in [-0.3, -0.25) is 20.2 Å². The van der Waals surface area contributed by atoms with Gasteiger partial charge in [-0.25, -0.2) is 23.1 Å². The second-order valence-electron chi connectivity index (χ2n) is 7.15. The number of aromatic nitrogens is 2. The average Bonchev–Trinajstić information content (AvgIpc) is 2.77. The molecule has 14 heteroatoms. The molecule has 1 amide bonds. The number of thiocarbonyl (C=S) groups is 1. The number of ether oxygens (including phenoxy) is 1. The Balaban J connectivity index is 1.52. The molecule has 3 aromatic rings. The van der Waals surface area contributed by atoms with Crippen molar-refractivity contribution in [3.8, 4) is 5.75 Å². The molecule has 0 saturated heterocycles. The summed E-state index contributed by atoms with van der Waals surface area (Å²) in [5, 5.41) is 15.8. The second-order valence-corrected chi connectivity index (χ2v) is 9.24. The molecule has 1 aromatic heterocycles. The SMILES string of the molecule is Cc1cc(C)nc(NS(=O)(=O)c2ccc(NC(=S)NC(=O)COc3ccc([N+](=O)[O-])cc3)cc2)n1. The van der Waals surface area contributed by atoms with E-state index in [1.807, 2.05) is 0 Å². The van der Waals surface area contributed by atoms with Gasteiger partial charge in [-0.15, -0.1) is 0 Å². The van der Waals surface area contributed by atoms with Crippen LogP contribution < -0.4 is 20.1 Å². The van der Waals surface area contributed by atoms with Gasteiger partial charge < -0.3 is 10.1 Å². The van der Waals surface area contributed by atoms with Gasteiger partial charge in [0.15, 0.2) is 11.7 Å². The maximum atomic E-state index is 12.6. The fourth-order valence-corrected chi connectivity index (χ4v) is 3.98. The third-order valence-corrected chi connectivity index (χ3v) is 5.85. The molecule has 0 fully saturated rings. The lowest BCUT2D eigenvalue weighted by Crippen LogP contribution is -2.37. The van der Waals surface area contributed by atoms with E-state index in [1.54, 1.807) is 19.9 Å². The number of carbonyl (C=O) groups is 1. The summed E-state index contributed by atoms with van der Waals surface area (Å²) in [6.07, 6.45) is 0. The van der Waals surface area contributed by atoms with E-state index < -0.39 is 20.9 Å². The van der Waals surface area contributed by atoms with Gasteiger partial charge in [0.2, 0.25) is 5.95 Å². The van der Waals surface area contributed by atoms with Crippen molar-refractivity contribution in [2.45, 2.75) is 18.7 Å². The summed E-state index contributed by atoms with van der Waals surface area (Å²) in [5.74, 6) is -0.302. The summed E-state index contributed by atoms with van der Waals surface area (Å²) in [7, 11) is -3.91. The molecule has 0 aliphatic carbocycles. The summed E-state index contributed by atoms with van der Waals surface area (Å²) in [4.78, 5) is 30.3. The fourth-order valence-electron chi connectivity index (χ4n) is 2.81. The van der Waals surface area contributed by atoms with Crippen LogP contribution in [0.2, 0.25) is 0 Å². The zero-order chi connectivity index (χ0) is 25.6. The number of nitrogens with zero attached hydrogens (tertiary/aromatic N) is 3. The summed E-state index contributed by atoms with van der Waals surface area (Å²) < 4.78 is 32.8. The molecule has 0 radical (unpaired) electrons. The first kappa shape index (κ1) is 25.5. The molecular formula is C21H20N6O6S2. The van der Waals surface area contributed by atoms with Crippen LogP contribution in [0.4, 0.5) is 17.3 Å². The monoisotopic (exact) mass is 516 g/mol. The number of amides is 1. The molecule has 0 atom stereocenters. The maximum absolute atomic E-state index is 12.6. The van der Waals surface area contributed by atoms with Gasteiger partial charge >= 0.3 is 0 Å². The first-order valence-electron chi connectivity index (χ1n) is 9.95. The quantitative estimate of drug-likeness (QED) is 0.230. The first-order chi connectivity index (χ1) is 16.5. The molecule has 0 saturated carbocycles. The smallest absolute Gasteiger partial charge is 0.269 e. The number of carbonyl (C=O) groups excluding carboxylic acids is 1. The number of hydrogen-bond donors (Lipinski definition) is 3. The Labute approximate surface area is 206 Å². The zero-order valence-corrected chi connectivity index (χ0v) is 20.1. The molecule has 12 nitrogen and oxygen atoms in total. The molecule has 2 aromatic carbocycles. The van der Waals surface area contributed by atoms with Crippen molar-refractivity contribution in [3.05, 3.63) is 76.1 Å². The number of rotatable bonds is 8. The van der Waals surface area contributed by atoms with Crippen LogP contribution in [0.3, 0.4) is 0 Å². The molecule has 1 heterocycles. The van der Waals surface area contributed by atoms with Crippen molar-refractivity contribution < 1.29 is 22.9 Å². The predicted molar refractivity (Wildman–Crippen MR) is 132 cm³/mol. The summed E-state index contributed by atoms with van der Waals surface area (Å²) >= 11 is 5.09. The van der Waals surface area contributed by atoms with Crippen LogP contribution in [0.25, 0.3) is 0 Å². The summed E-state index contributed by atoms with van der Waals surface area (Å²) in [6, 6.07) is 12.6. The van der Waals surface area contributed by atoms with Gasteiger partial charge in [0.25, 0.3) is 21.6 Å². The molecule has 0 bridgehead atoms. The number of nitrogens with one attached hydrogen (secondary N) is 3. The van der Waals surface area contributed by atoms with E-state index in [9.17, 15) is 23.3 Å². The van der Waals surface area contributed by atoms with Crippen molar-refractivity contribution in [2.75, 3.05) is 16.6 Å². The first-order valence-corrected chi connectivity index (χ1v) is 11.8. The minimum Gasteiger partial charge on any atom is -0.484 e. The second kappa shape index (κ2) is 10.8. The number of hydrogen-bond acceptors (Lipinski definition) is 9. The lowest BCUT2D eigenvalue weighted by atomic mass is 10.3. The van der Waals surface area contributed by atoms with E-state index in [-0.39, 0.29) is 34.0 Å². The number of non-ortho nitro benzene ring substituents is 1. The Kier molecular flexibility index (Phi) is 7.88. The number of nitro benzene ring substituents is 1. The van der Waals surface area contributed by atoms with Crippen molar-refractivity contribution in [1.29, 1.82) is 0 Å². The Morgan fingerprint density at radius 3 is 2.23 bits per heavy atom. The average molecular weight is 517 g/mol. The molecule has 3 N–H and O–H groups in total. The van der Waals surface area contributed by atoms with Crippen molar-refractivity contribution in [1.82, 2.24) is 15.3 Å². The highest BCUT2D eigenvalue weighted by Gasteiger charge is 2.16. The van der Waals surface area contributed by atoms with Crippen LogP contribution in [0.15, 0.2) is 59.5 Å². The Hall–Kier alpha value is -4.17. The minimum atomic E-state index is -3.91. The standard InChI is InChI=1S/C21H20N6O6S2/c1-13-11-14(2)23-20(22-13)26-35(31,32)18-9-3-15(4-10-18)24-21(34)25-19(28)12-33-17-7-5-16(6-8-17)27(29)30/h3-11H,12H2,1-2H3,(H,22,23,26)(H2,24,25,28,34). The molecular weight excluding hydrogens is 496 g/mol. The van der Waals surface area contributed by atoms with E-state index in [2.05, 4.69) is 25.3 Å². The topological polar surface area (TPSA) is 165 Å². The number of sulfonamides is 1. The third kappa shape index (κ3) is 7.41. The van der Waals surface area contributed by atoms with Crippen LogP contribution in [-0.4, -0.2) is 40.9 Å². The zero-order valence-electron chi connectivity index (χ0n) is 18.5. The van der Waals surface area contributed by atoms with Crippen LogP contribution in [0, 0.1) is 24.0 Å². The minimum absolute atomic E-state index is 0.0164. The van der Waals surface area contributed by atoms with E-state index in [4.69, 9.17) is 17.0 Å². The normalized spacial score (nSPS) is 10.8. The van der Waals surface area contributed by atoms with Gasteiger partial charge in [0.05, 0.1) is 9.82 Å². The Morgan fingerprint density at radius 2 is 1.66 bits per heavy atom. The molecule has 182 valence electrons. The van der Waals surface area contributed by atoms with Gasteiger partial charge in [-0.2, -0.15) is 0 Å². The molecule has 0 unspecified atom stereocenters. The molecule has 35 heavy (non-hydrogen) atoms. The number of aryl methyl sites for hydroxylation is 2. The van der Waals surface area contributed by atoms with E-state index in [0.717, 1.165) is 0 Å². The van der Waals surface area contributed by atoms with E-state index in [1.165, 1.54) is 48.5 Å². The third-order valence-electron chi connectivity index (χ3n) is 4.30. The Bertz CT molecular complexity index is 1340. The summed E-state index contributed by atoms with van der Waals surface area (Å²) in [6.45, 7) is 3.09. The van der Waals surface area contributed by atoms with Gasteiger partial charge in [-0.1, -0.05) is 0 Å². The van der Waals surface area contributed by atoms with Gasteiger partial charge in [-0.05, 0) is 68.5 Å². The lowest BCUT2D eigenvalue weighted by Gasteiger charge is -2.11. The molecule has 3 rings (SSSR count). The largest absolute Gasteiger partial charge is 0.484 e. The number of nitro groups is 1. The fraction of sp³-hybridized carbons (Fsp3) is 0.143. The van der Waals surface area contributed by atoms with Crippen LogP contribution in [0.5, 0.6) is 5.75 Å². The molecule has 0 aliphatic rings. The highest BCUT2D eigenvalue weighted by Crippen LogP contribution is 2.18. The van der Waals surface area contributed by atoms with Gasteiger partial charge in [0.1, 0.15) is 5.75 Å². The van der Waals surface area contributed by atoms with Gasteiger partial charge in [0, 0.05) is 29.2 Å². The Morgan fingerprint density at radius 1 is 1.06 bits per heavy atom.